The number of carboxylic acids is 1. The van der Waals surface area contributed by atoms with Gasteiger partial charge in [0.1, 0.15) is 60.4 Å². The fourth-order valence-corrected chi connectivity index (χ4v) is 9.27. The Morgan fingerprint density at radius 1 is 0.711 bits per heavy atom. The monoisotopic (exact) mass is 1090 g/mol. The summed E-state index contributed by atoms with van der Waals surface area (Å²) in [5, 5.41) is 49.1. The number of phenols is 1. The van der Waals surface area contributed by atoms with Gasteiger partial charge >= 0.3 is 5.97 Å². The van der Waals surface area contributed by atoms with E-state index in [-0.39, 0.29) is 88.8 Å². The molecule has 0 saturated carbocycles. The van der Waals surface area contributed by atoms with Crippen molar-refractivity contribution in [3.63, 3.8) is 0 Å². The van der Waals surface area contributed by atoms with Gasteiger partial charge in [-0.05, 0) is 107 Å². The number of aliphatic carboxylic acids is 1. The summed E-state index contributed by atoms with van der Waals surface area (Å²) >= 11 is 4.55. The van der Waals surface area contributed by atoms with Crippen LogP contribution in [0.2, 0.25) is 0 Å². The van der Waals surface area contributed by atoms with Gasteiger partial charge in [-0.15, -0.1) is 0 Å². The van der Waals surface area contributed by atoms with E-state index in [9.17, 15) is 53.4 Å². The van der Waals surface area contributed by atoms with Gasteiger partial charge in [-0.2, -0.15) is 12.6 Å². The second kappa shape index (κ2) is 29.3. The van der Waals surface area contributed by atoms with Crippen LogP contribution in [0.15, 0.2) is 24.3 Å². The number of benzene rings is 1. The fourth-order valence-electron chi connectivity index (χ4n) is 9.10. The van der Waals surface area contributed by atoms with Crippen molar-refractivity contribution in [2.75, 3.05) is 26.2 Å². The summed E-state index contributed by atoms with van der Waals surface area (Å²) in [6, 6.07) is -3.77. The average molecular weight is 1090 g/mol. The number of amides is 8. The molecule has 26 heteroatoms. The maximum Gasteiger partial charge on any atom is 0.326 e. The molecule has 0 spiro atoms. The quantitative estimate of drug-likeness (QED) is 0.0150. The van der Waals surface area contributed by atoms with Crippen molar-refractivity contribution < 1.29 is 53.4 Å². The van der Waals surface area contributed by atoms with Gasteiger partial charge in [-0.25, -0.2) is 4.79 Å². The lowest BCUT2D eigenvalue weighted by Gasteiger charge is -2.35. The van der Waals surface area contributed by atoms with Gasteiger partial charge < -0.3 is 74.4 Å². The molecular formula is C50H84N14O11S. The van der Waals surface area contributed by atoms with Crippen LogP contribution in [-0.2, 0) is 49.6 Å². The number of nitrogens with two attached hydrogens (primary N) is 3. The van der Waals surface area contributed by atoms with Gasteiger partial charge in [0.05, 0.1) is 0 Å². The highest BCUT2D eigenvalue weighted by atomic mass is 32.1. The molecule has 0 aliphatic carbocycles. The third-order valence-corrected chi connectivity index (χ3v) is 13.3. The number of thiol groups is 1. The van der Waals surface area contributed by atoms with Crippen molar-refractivity contribution in [3.8, 4) is 5.75 Å². The van der Waals surface area contributed by atoms with Crippen LogP contribution in [0.4, 0.5) is 0 Å². The number of guanidine groups is 1. The van der Waals surface area contributed by atoms with Crippen molar-refractivity contribution in [2.45, 2.75) is 179 Å². The Bertz CT molecular complexity index is 2200. The second-order valence-electron chi connectivity index (χ2n) is 21.7. The van der Waals surface area contributed by atoms with Crippen LogP contribution in [0.5, 0.6) is 5.75 Å². The molecular weight excluding hydrogens is 1000 g/mol. The molecule has 0 radical (unpaired) electrons. The van der Waals surface area contributed by atoms with Crippen molar-refractivity contribution in [1.82, 2.24) is 52.3 Å². The first kappa shape index (κ1) is 64.0. The lowest BCUT2D eigenvalue weighted by atomic mass is 9.85. The first-order valence-electron chi connectivity index (χ1n) is 25.9. The van der Waals surface area contributed by atoms with Crippen molar-refractivity contribution in [3.05, 3.63) is 29.8 Å². The molecule has 0 aromatic heterocycles. The molecule has 2 fully saturated rings. The zero-order valence-corrected chi connectivity index (χ0v) is 46.0. The molecule has 17 N–H and O–H groups in total. The van der Waals surface area contributed by atoms with Crippen molar-refractivity contribution >= 4 is 71.8 Å². The Hall–Kier alpha value is -6.25. The van der Waals surface area contributed by atoms with E-state index < -0.39 is 118 Å². The highest BCUT2D eigenvalue weighted by molar-refractivity contribution is 7.81. The third-order valence-electron chi connectivity index (χ3n) is 13.0. The second-order valence-corrected chi connectivity index (χ2v) is 22.8. The molecule has 1 aromatic rings. The van der Waals surface area contributed by atoms with E-state index in [1.807, 2.05) is 13.8 Å². The number of hydrogen-bond donors (Lipinski definition) is 15. The number of nitrogens with zero attached hydrogens (tertiary/aromatic N) is 2. The van der Waals surface area contributed by atoms with Gasteiger partial charge in [0.2, 0.25) is 47.3 Å². The average Bonchev–Trinajstić information content (AvgIpc) is 4.02. The number of aromatic hydroxyl groups is 1. The normalized spacial score (nSPS) is 18.1. The number of carboxylic acid groups (broad SMARTS) is 1. The molecule has 1 aromatic carbocycles. The van der Waals surface area contributed by atoms with E-state index in [1.54, 1.807) is 34.6 Å². The van der Waals surface area contributed by atoms with E-state index >= 15 is 0 Å². The van der Waals surface area contributed by atoms with Gasteiger partial charge in [0, 0.05) is 37.7 Å². The Kier molecular flexibility index (Phi) is 24.7. The van der Waals surface area contributed by atoms with Crippen molar-refractivity contribution in [2.24, 2.45) is 28.5 Å². The molecule has 2 aliphatic rings. The van der Waals surface area contributed by atoms with Crippen LogP contribution in [0, 0.1) is 16.7 Å². The van der Waals surface area contributed by atoms with E-state index in [1.165, 1.54) is 41.0 Å². The van der Waals surface area contributed by atoms with Crippen LogP contribution >= 0.6 is 12.6 Å². The maximum absolute atomic E-state index is 14.5. The lowest BCUT2D eigenvalue weighted by Crippen LogP contribution is -2.62. The zero-order chi connectivity index (χ0) is 57.2. The minimum absolute atomic E-state index is 0.0121. The van der Waals surface area contributed by atoms with Gasteiger partial charge in [-0.3, -0.25) is 49.1 Å². The van der Waals surface area contributed by atoms with E-state index in [0.29, 0.717) is 24.8 Å². The van der Waals surface area contributed by atoms with Crippen LogP contribution in [0.25, 0.3) is 0 Å². The molecule has 0 bridgehead atoms. The van der Waals surface area contributed by atoms with Crippen LogP contribution < -0.4 is 59.7 Å². The first-order chi connectivity index (χ1) is 35.4. The Morgan fingerprint density at radius 3 is 1.70 bits per heavy atom. The topological polar surface area (TPSA) is 399 Å². The highest BCUT2D eigenvalue weighted by Crippen LogP contribution is 2.27. The van der Waals surface area contributed by atoms with Crippen LogP contribution in [-0.4, -0.2) is 165 Å². The Labute approximate surface area is 450 Å². The molecule has 0 unspecified atom stereocenters. The number of carbonyl (C=O) groups excluding carboxylic acids is 8. The number of phenolic OH excluding ortho intramolecular Hbond substituents is 1. The summed E-state index contributed by atoms with van der Waals surface area (Å²) < 4.78 is -0.974. The van der Waals surface area contributed by atoms with Gasteiger partial charge in [0.15, 0.2) is 5.96 Å². The minimum Gasteiger partial charge on any atom is -0.508 e. The highest BCUT2D eigenvalue weighted by Gasteiger charge is 2.45. The summed E-state index contributed by atoms with van der Waals surface area (Å²) in [6.07, 6.45) is 1.04. The van der Waals surface area contributed by atoms with Crippen molar-refractivity contribution in [1.29, 1.82) is 5.41 Å². The van der Waals surface area contributed by atoms with Crippen LogP contribution in [0.1, 0.15) is 119 Å². The van der Waals surface area contributed by atoms with E-state index in [0.717, 1.165) is 0 Å². The summed E-state index contributed by atoms with van der Waals surface area (Å²) in [7, 11) is 0. The maximum atomic E-state index is 14.5. The fraction of sp³-hybridized carbons (Fsp3) is 0.680. The SMILES string of the molecule is CC(=O)N[C@H](C(=O)N1CCC[C@H]1C(=O)N[C@@H](CC(C)C)C(=O)N1CCC[C@H]1C(=O)N[C@@H](CCCNC(=N)N)C(=O)N[C@H](C(=O)N[C@@H](CCCNC(N)N)C(=O)N[C@@H](Cc1ccc(O)cc1)C(=O)O)C(C)(C)C)C(C)(C)S. The summed E-state index contributed by atoms with van der Waals surface area (Å²) in [4.78, 5) is 127. The molecule has 2 saturated heterocycles. The molecule has 426 valence electrons. The Balaban J connectivity index is 1.87. The predicted molar refractivity (Wildman–Crippen MR) is 287 cm³/mol. The smallest absolute Gasteiger partial charge is 0.326 e. The van der Waals surface area contributed by atoms with Gasteiger partial charge in [0.25, 0.3) is 0 Å². The van der Waals surface area contributed by atoms with Crippen LogP contribution in [0.3, 0.4) is 0 Å². The number of rotatable bonds is 28. The van der Waals surface area contributed by atoms with E-state index in [4.69, 9.17) is 22.6 Å². The number of nitrogens with one attached hydrogen (secondary N) is 9. The molecule has 8 amide bonds. The number of hydrogen-bond acceptors (Lipinski definition) is 15. The zero-order valence-electron chi connectivity index (χ0n) is 45.1. The van der Waals surface area contributed by atoms with Gasteiger partial charge in [-0.1, -0.05) is 46.8 Å². The number of carbonyl (C=O) groups is 9. The van der Waals surface area contributed by atoms with E-state index in [2.05, 4.69) is 55.2 Å². The summed E-state index contributed by atoms with van der Waals surface area (Å²) in [6.45, 7) is 14.2. The molecule has 3 rings (SSSR count). The minimum atomic E-state index is -1.43. The molecule has 2 heterocycles. The Morgan fingerprint density at radius 2 is 1.21 bits per heavy atom. The largest absolute Gasteiger partial charge is 0.508 e. The predicted octanol–water partition coefficient (Wildman–Crippen LogP) is -1.44. The summed E-state index contributed by atoms with van der Waals surface area (Å²) in [5.74, 6) is -6.92. The molecule has 8 atom stereocenters. The molecule has 2 aliphatic heterocycles. The summed E-state index contributed by atoms with van der Waals surface area (Å²) in [5.41, 5.74) is 16.2. The lowest BCUT2D eigenvalue weighted by molar-refractivity contribution is -0.145. The number of likely N-dealkylation sites (tertiary alicyclic amines) is 2. The standard InChI is InChI=1S/C50H84N14O11S/c1-27(2)25-33(60-42(70)36-16-12-24-64(36)45(73)38(50(7,8)76)57-28(3)65)44(72)63-23-11-15-35(63)41(69)58-32(14-10-22-56-48(53)54)40(68)62-37(49(4,5)6)43(71)59-31(13-9-21-55-47(51)52)39(67)61-34(46(74)75)26-29-17-19-30(66)20-18-29/h17-20,27,31-38,47,55,66,76H,9-16,21-26,51-52H2,1-8H3,(H,57,65)(H,58,69)(H,59,71)(H,60,70)(H,61,67)(H,62,68)(H,74,75)(H4,53,54,56)/t31-,32-,33-,34-,35-,36-,37+,38+/m0/s1. The molecule has 25 nitrogen and oxygen atoms in total. The first-order valence-corrected chi connectivity index (χ1v) is 26.3. The third kappa shape index (κ3) is 20.4. The molecule has 76 heavy (non-hydrogen) atoms.